The van der Waals surface area contributed by atoms with E-state index in [0.717, 1.165) is 5.75 Å². The van der Waals surface area contributed by atoms with E-state index in [1.165, 1.54) is 16.7 Å². The van der Waals surface area contributed by atoms with Crippen molar-refractivity contribution in [2.45, 2.75) is 39.3 Å². The Morgan fingerprint density at radius 3 is 1.73 bits per heavy atom. The first-order valence-corrected chi connectivity index (χ1v) is 10.5. The summed E-state index contributed by atoms with van der Waals surface area (Å²) in [4.78, 5) is 0. The maximum absolute atomic E-state index is 5.96. The van der Waals surface area contributed by atoms with Gasteiger partial charge in [0.2, 0.25) is 0 Å². The average Bonchev–Trinajstić information content (AvgIpc) is 2.48. The third-order valence-corrected chi connectivity index (χ3v) is 5.91. The minimum Gasteiger partial charge on any atom is -0.520 e. The van der Waals surface area contributed by atoms with Gasteiger partial charge < -0.3 is 8.85 Å². The van der Waals surface area contributed by atoms with Crippen molar-refractivity contribution >= 4 is 8.56 Å². The molecule has 3 heteroatoms. The van der Waals surface area contributed by atoms with Crippen molar-refractivity contribution in [1.82, 2.24) is 0 Å². The lowest BCUT2D eigenvalue weighted by atomic mass is 9.78. The van der Waals surface area contributed by atoms with Crippen LogP contribution in [0.4, 0.5) is 0 Å². The molecule has 0 unspecified atom stereocenters. The van der Waals surface area contributed by atoms with E-state index in [-0.39, 0.29) is 5.41 Å². The van der Waals surface area contributed by atoms with Crippen molar-refractivity contribution in [3.05, 3.63) is 65.2 Å². The molecule has 0 amide bonds. The van der Waals surface area contributed by atoms with Crippen LogP contribution >= 0.6 is 0 Å². The molecule has 118 valence electrons. The van der Waals surface area contributed by atoms with E-state index in [9.17, 15) is 0 Å². The molecule has 0 N–H and O–H groups in total. The highest BCUT2D eigenvalue weighted by atomic mass is 28.4. The van der Waals surface area contributed by atoms with Crippen LogP contribution in [-0.2, 0) is 9.84 Å². The van der Waals surface area contributed by atoms with Crippen LogP contribution in [0.1, 0.15) is 30.5 Å². The first-order chi connectivity index (χ1) is 10.2. The summed E-state index contributed by atoms with van der Waals surface area (Å²) in [5.74, 6) is 0.877. The Morgan fingerprint density at radius 1 is 0.818 bits per heavy atom. The van der Waals surface area contributed by atoms with Crippen molar-refractivity contribution in [3.63, 3.8) is 0 Å². The van der Waals surface area contributed by atoms with Crippen LogP contribution in [0, 0.1) is 6.92 Å². The third kappa shape index (κ3) is 3.79. The van der Waals surface area contributed by atoms with Crippen LogP contribution in [0.3, 0.4) is 0 Å². The van der Waals surface area contributed by atoms with Gasteiger partial charge in [-0.05, 0) is 43.3 Å². The van der Waals surface area contributed by atoms with Crippen molar-refractivity contribution < 1.29 is 8.85 Å². The number of hydrogen-bond acceptors (Lipinski definition) is 2. The van der Waals surface area contributed by atoms with Gasteiger partial charge in [-0.3, -0.25) is 0 Å². The summed E-state index contributed by atoms with van der Waals surface area (Å²) >= 11 is 0. The molecule has 0 heterocycles. The summed E-state index contributed by atoms with van der Waals surface area (Å²) < 4.78 is 11.4. The second-order valence-electron chi connectivity index (χ2n) is 6.72. The van der Waals surface area contributed by atoms with Crippen LogP contribution in [0.2, 0.25) is 13.1 Å². The number of aryl methyl sites for hydroxylation is 1. The van der Waals surface area contributed by atoms with Gasteiger partial charge in [0, 0.05) is 12.5 Å². The molecule has 2 nitrogen and oxygen atoms in total. The molecule has 0 aliphatic carbocycles. The highest BCUT2D eigenvalue weighted by Gasteiger charge is 2.26. The Kier molecular flexibility index (Phi) is 4.78. The fourth-order valence-corrected chi connectivity index (χ4v) is 3.19. The van der Waals surface area contributed by atoms with Gasteiger partial charge in [0.1, 0.15) is 5.75 Å². The standard InChI is InChI=1S/C19H26O2Si/c1-15-7-9-16(10-8-15)19(2,3)17-11-13-18(14-12-17)21-22(5,6)20-4/h7-14H,1-6H3. The molecule has 0 saturated heterocycles. The Labute approximate surface area is 135 Å². The zero-order valence-electron chi connectivity index (χ0n) is 14.4. The fourth-order valence-electron chi connectivity index (χ4n) is 2.40. The Hall–Kier alpha value is -1.58. The molecule has 0 aliphatic heterocycles. The summed E-state index contributed by atoms with van der Waals surface area (Å²) in [6.07, 6.45) is 0. The van der Waals surface area contributed by atoms with Gasteiger partial charge in [-0.25, -0.2) is 0 Å². The lowest BCUT2D eigenvalue weighted by Crippen LogP contribution is -2.36. The molecule has 0 aliphatic rings. The van der Waals surface area contributed by atoms with Gasteiger partial charge in [0.25, 0.3) is 0 Å². The fraction of sp³-hybridized carbons (Fsp3) is 0.368. The van der Waals surface area contributed by atoms with Crippen molar-refractivity contribution in [2.75, 3.05) is 7.11 Å². The van der Waals surface area contributed by atoms with E-state index in [1.807, 2.05) is 25.2 Å². The molecule has 2 aromatic rings. The van der Waals surface area contributed by atoms with Crippen molar-refractivity contribution in [1.29, 1.82) is 0 Å². The van der Waals surface area contributed by atoms with Gasteiger partial charge >= 0.3 is 8.56 Å². The Morgan fingerprint density at radius 2 is 1.27 bits per heavy atom. The smallest absolute Gasteiger partial charge is 0.392 e. The number of rotatable bonds is 5. The summed E-state index contributed by atoms with van der Waals surface area (Å²) in [6, 6.07) is 17.1. The summed E-state index contributed by atoms with van der Waals surface area (Å²) in [5, 5.41) is 0. The highest BCUT2D eigenvalue weighted by molar-refractivity contribution is 6.65. The van der Waals surface area contributed by atoms with E-state index in [0.29, 0.717) is 0 Å². The van der Waals surface area contributed by atoms with E-state index < -0.39 is 8.56 Å². The first kappa shape index (κ1) is 16.8. The third-order valence-electron chi connectivity index (χ3n) is 4.20. The molecule has 0 spiro atoms. The van der Waals surface area contributed by atoms with Gasteiger partial charge in [-0.1, -0.05) is 55.8 Å². The molecule has 0 aromatic heterocycles. The minimum atomic E-state index is -2.05. The zero-order valence-corrected chi connectivity index (χ0v) is 15.4. The van der Waals surface area contributed by atoms with Crippen LogP contribution in [0.5, 0.6) is 5.75 Å². The predicted molar refractivity (Wildman–Crippen MR) is 94.9 cm³/mol. The van der Waals surface area contributed by atoms with E-state index in [2.05, 4.69) is 57.2 Å². The Bertz CT molecular complexity index is 613. The molecule has 0 bridgehead atoms. The highest BCUT2D eigenvalue weighted by Crippen LogP contribution is 2.32. The largest absolute Gasteiger partial charge is 0.520 e. The lowest BCUT2D eigenvalue weighted by molar-refractivity contribution is 0.314. The van der Waals surface area contributed by atoms with E-state index in [4.69, 9.17) is 8.85 Å². The second-order valence-corrected chi connectivity index (χ2v) is 10.1. The second kappa shape index (κ2) is 6.27. The number of hydrogen-bond donors (Lipinski definition) is 0. The number of benzene rings is 2. The van der Waals surface area contributed by atoms with Crippen molar-refractivity contribution in [2.24, 2.45) is 0 Å². The molecular weight excluding hydrogens is 288 g/mol. The summed E-state index contributed by atoms with van der Waals surface area (Å²) in [5.41, 5.74) is 3.86. The van der Waals surface area contributed by atoms with Gasteiger partial charge in [-0.2, -0.15) is 0 Å². The van der Waals surface area contributed by atoms with Crippen LogP contribution in [0.15, 0.2) is 48.5 Å². The summed E-state index contributed by atoms with van der Waals surface area (Å²) in [6.45, 7) is 10.7. The van der Waals surface area contributed by atoms with Crippen LogP contribution in [0.25, 0.3) is 0 Å². The first-order valence-electron chi connectivity index (χ1n) is 7.66. The molecule has 22 heavy (non-hydrogen) atoms. The molecule has 2 aromatic carbocycles. The van der Waals surface area contributed by atoms with Crippen molar-refractivity contribution in [3.8, 4) is 5.75 Å². The molecule has 0 saturated carbocycles. The SMILES string of the molecule is CO[Si](C)(C)Oc1ccc(C(C)(C)c2ccc(C)cc2)cc1. The van der Waals surface area contributed by atoms with E-state index in [1.54, 1.807) is 7.11 Å². The molecule has 0 radical (unpaired) electrons. The van der Waals surface area contributed by atoms with E-state index >= 15 is 0 Å². The van der Waals surface area contributed by atoms with Crippen LogP contribution < -0.4 is 4.43 Å². The maximum Gasteiger partial charge on any atom is 0.392 e. The van der Waals surface area contributed by atoms with Gasteiger partial charge in [-0.15, -0.1) is 0 Å². The average molecular weight is 315 g/mol. The molecule has 0 fully saturated rings. The maximum atomic E-state index is 5.96. The molecule has 2 rings (SSSR count). The lowest BCUT2D eigenvalue weighted by Gasteiger charge is -2.27. The summed E-state index contributed by atoms with van der Waals surface area (Å²) in [7, 11) is -0.342. The zero-order chi connectivity index (χ0) is 16.4. The Balaban J connectivity index is 2.23. The monoisotopic (exact) mass is 314 g/mol. The topological polar surface area (TPSA) is 18.5 Å². The molecule has 0 atom stereocenters. The normalized spacial score (nSPS) is 12.3. The predicted octanol–water partition coefficient (Wildman–Crippen LogP) is 5.05. The molecular formula is C19H26O2Si. The van der Waals surface area contributed by atoms with Gasteiger partial charge in [0.05, 0.1) is 0 Å². The quantitative estimate of drug-likeness (QED) is 0.719. The van der Waals surface area contributed by atoms with Crippen LogP contribution in [-0.4, -0.2) is 15.7 Å². The van der Waals surface area contributed by atoms with Gasteiger partial charge in [0.15, 0.2) is 0 Å². The minimum absolute atomic E-state index is 0.0273.